The van der Waals surface area contributed by atoms with Crippen molar-refractivity contribution in [2.24, 2.45) is 5.92 Å². The molecule has 2 nitrogen and oxygen atoms in total. The van der Waals surface area contributed by atoms with Crippen LogP contribution in [-0.2, 0) is 9.53 Å². The van der Waals surface area contributed by atoms with E-state index >= 15 is 0 Å². The molecule has 1 aliphatic heterocycles. The molecule has 0 unspecified atom stereocenters. The first-order valence-electron chi connectivity index (χ1n) is 7.57. The lowest BCUT2D eigenvalue weighted by molar-refractivity contribution is -0.148. The van der Waals surface area contributed by atoms with Gasteiger partial charge in [-0.1, -0.05) is 67.6 Å². The molecule has 0 aliphatic carbocycles. The van der Waals surface area contributed by atoms with Gasteiger partial charge in [-0.2, -0.15) is 0 Å². The Morgan fingerprint density at radius 3 is 2.10 bits per heavy atom. The minimum absolute atomic E-state index is 0.0348. The first kappa shape index (κ1) is 14.0. The van der Waals surface area contributed by atoms with Gasteiger partial charge in [-0.15, -0.1) is 0 Å². The Balaban J connectivity index is 1.91. The van der Waals surface area contributed by atoms with Crippen LogP contribution >= 0.6 is 0 Å². The minimum atomic E-state index is -0.136. The van der Waals surface area contributed by atoms with Crippen molar-refractivity contribution >= 4 is 5.78 Å². The van der Waals surface area contributed by atoms with Crippen molar-refractivity contribution in [2.45, 2.75) is 32.0 Å². The van der Waals surface area contributed by atoms with Crippen molar-refractivity contribution in [2.75, 3.05) is 0 Å². The molecule has 0 spiro atoms. The van der Waals surface area contributed by atoms with Crippen molar-refractivity contribution in [3.63, 3.8) is 0 Å². The number of benzene rings is 2. The van der Waals surface area contributed by atoms with Gasteiger partial charge in [0.25, 0.3) is 0 Å². The van der Waals surface area contributed by atoms with Gasteiger partial charge < -0.3 is 4.74 Å². The lowest BCUT2D eigenvalue weighted by Gasteiger charge is -2.35. The molecule has 0 bridgehead atoms. The second-order valence-electron chi connectivity index (χ2n) is 5.55. The van der Waals surface area contributed by atoms with Gasteiger partial charge in [0, 0.05) is 12.3 Å². The number of hydrogen-bond acceptors (Lipinski definition) is 2. The first-order chi connectivity index (χ1) is 10.3. The zero-order valence-corrected chi connectivity index (χ0v) is 12.2. The summed E-state index contributed by atoms with van der Waals surface area (Å²) in [5.74, 6) is 0.277. The van der Waals surface area contributed by atoms with Crippen molar-refractivity contribution in [3.05, 3.63) is 71.8 Å². The lowest BCUT2D eigenvalue weighted by Crippen LogP contribution is -2.32. The van der Waals surface area contributed by atoms with E-state index in [1.165, 1.54) is 0 Å². The summed E-state index contributed by atoms with van der Waals surface area (Å²) >= 11 is 0. The predicted molar refractivity (Wildman–Crippen MR) is 82.9 cm³/mol. The molecule has 0 saturated carbocycles. The van der Waals surface area contributed by atoms with E-state index in [9.17, 15) is 4.79 Å². The van der Waals surface area contributed by atoms with Crippen LogP contribution in [0.25, 0.3) is 0 Å². The quantitative estimate of drug-likeness (QED) is 0.828. The molecule has 2 aromatic carbocycles. The fourth-order valence-electron chi connectivity index (χ4n) is 3.08. The average molecular weight is 280 g/mol. The number of rotatable bonds is 3. The van der Waals surface area contributed by atoms with E-state index in [-0.39, 0.29) is 18.1 Å². The molecule has 2 aromatic rings. The molecule has 0 amide bonds. The molecule has 1 aliphatic rings. The second-order valence-corrected chi connectivity index (χ2v) is 5.55. The molecule has 1 fully saturated rings. The van der Waals surface area contributed by atoms with Crippen LogP contribution in [0.5, 0.6) is 0 Å². The normalized spacial score (nSPS) is 25.8. The third-order valence-corrected chi connectivity index (χ3v) is 4.22. The van der Waals surface area contributed by atoms with Crippen LogP contribution in [-0.4, -0.2) is 5.78 Å². The Bertz CT molecular complexity index is 591. The second kappa shape index (κ2) is 6.23. The molecule has 0 radical (unpaired) electrons. The Labute approximate surface area is 125 Å². The van der Waals surface area contributed by atoms with Crippen LogP contribution < -0.4 is 0 Å². The van der Waals surface area contributed by atoms with Crippen LogP contribution in [0, 0.1) is 5.92 Å². The summed E-state index contributed by atoms with van der Waals surface area (Å²) in [5.41, 5.74) is 2.18. The Kier molecular flexibility index (Phi) is 4.16. The van der Waals surface area contributed by atoms with Gasteiger partial charge in [-0.3, -0.25) is 4.79 Å². The van der Waals surface area contributed by atoms with E-state index in [0.29, 0.717) is 12.2 Å². The van der Waals surface area contributed by atoms with E-state index in [0.717, 1.165) is 17.5 Å². The van der Waals surface area contributed by atoms with Gasteiger partial charge in [-0.25, -0.2) is 0 Å². The van der Waals surface area contributed by atoms with Gasteiger partial charge in [-0.05, 0) is 17.5 Å². The van der Waals surface area contributed by atoms with Gasteiger partial charge >= 0.3 is 0 Å². The minimum Gasteiger partial charge on any atom is -0.364 e. The fraction of sp³-hybridized carbons (Fsp3) is 0.316. The van der Waals surface area contributed by atoms with Gasteiger partial charge in [0.05, 0.1) is 12.2 Å². The summed E-state index contributed by atoms with van der Waals surface area (Å²) in [5, 5.41) is 0. The molecule has 3 rings (SSSR count). The van der Waals surface area contributed by atoms with E-state index in [2.05, 4.69) is 6.92 Å². The summed E-state index contributed by atoms with van der Waals surface area (Å²) in [6.07, 6.45) is 1.03. The van der Waals surface area contributed by atoms with Crippen molar-refractivity contribution in [1.82, 2.24) is 0 Å². The zero-order valence-electron chi connectivity index (χ0n) is 12.2. The highest BCUT2D eigenvalue weighted by Crippen LogP contribution is 2.41. The van der Waals surface area contributed by atoms with E-state index < -0.39 is 0 Å². The maximum absolute atomic E-state index is 12.5. The highest BCUT2D eigenvalue weighted by atomic mass is 16.5. The van der Waals surface area contributed by atoms with Gasteiger partial charge in [0.15, 0.2) is 0 Å². The highest BCUT2D eigenvalue weighted by molar-refractivity contribution is 5.83. The summed E-state index contributed by atoms with van der Waals surface area (Å²) < 4.78 is 6.31. The number of carbonyl (C=O) groups is 1. The smallest absolute Gasteiger partial charge is 0.141 e. The van der Waals surface area contributed by atoms with Crippen LogP contribution in [0.1, 0.15) is 43.1 Å². The lowest BCUT2D eigenvalue weighted by atomic mass is 9.83. The van der Waals surface area contributed by atoms with E-state index in [1.54, 1.807) is 0 Å². The molecule has 1 heterocycles. The van der Waals surface area contributed by atoms with E-state index in [1.807, 2.05) is 60.7 Å². The topological polar surface area (TPSA) is 26.3 Å². The molecular weight excluding hydrogens is 260 g/mol. The number of ketones is 1. The van der Waals surface area contributed by atoms with Crippen molar-refractivity contribution in [1.29, 1.82) is 0 Å². The summed E-state index contributed by atoms with van der Waals surface area (Å²) in [6, 6.07) is 20.1. The zero-order chi connectivity index (χ0) is 14.7. The third kappa shape index (κ3) is 2.91. The third-order valence-electron chi connectivity index (χ3n) is 4.22. The molecule has 3 atom stereocenters. The van der Waals surface area contributed by atoms with Crippen LogP contribution in [0.15, 0.2) is 60.7 Å². The molecule has 0 aromatic heterocycles. The number of carbonyl (C=O) groups excluding carboxylic acids is 1. The van der Waals surface area contributed by atoms with Crippen molar-refractivity contribution < 1.29 is 9.53 Å². The average Bonchev–Trinajstić information content (AvgIpc) is 2.55. The Morgan fingerprint density at radius 2 is 1.52 bits per heavy atom. The Morgan fingerprint density at radius 1 is 0.952 bits per heavy atom. The maximum Gasteiger partial charge on any atom is 0.141 e. The van der Waals surface area contributed by atoms with E-state index in [4.69, 9.17) is 4.74 Å². The molecule has 108 valence electrons. The summed E-state index contributed by atoms with van der Waals surface area (Å²) in [6.45, 7) is 2.06. The maximum atomic E-state index is 12.5. The van der Waals surface area contributed by atoms with Gasteiger partial charge in [0.2, 0.25) is 0 Å². The number of hydrogen-bond donors (Lipinski definition) is 0. The largest absolute Gasteiger partial charge is 0.364 e. The van der Waals surface area contributed by atoms with Crippen LogP contribution in [0.3, 0.4) is 0 Å². The monoisotopic (exact) mass is 280 g/mol. The van der Waals surface area contributed by atoms with Crippen molar-refractivity contribution in [3.8, 4) is 0 Å². The molecule has 21 heavy (non-hydrogen) atoms. The molecule has 1 saturated heterocycles. The molecule has 0 N–H and O–H groups in total. The number of Topliss-reactive ketones (excluding diaryl/α,β-unsaturated/α-hetero) is 1. The standard InChI is InChI=1S/C19H20O2/c1-2-16-17(20)13-18(14-9-5-3-6-10-14)21-19(16)15-11-7-4-8-12-15/h3-12,16,18-19H,2,13H2,1H3/t16-,18+,19+/m0/s1. The molecular formula is C19H20O2. The van der Waals surface area contributed by atoms with Gasteiger partial charge in [0.1, 0.15) is 5.78 Å². The summed E-state index contributed by atoms with van der Waals surface area (Å²) in [4.78, 5) is 12.5. The van der Waals surface area contributed by atoms with Crippen LogP contribution in [0.4, 0.5) is 0 Å². The SMILES string of the molecule is CC[C@H]1C(=O)C[C@H](c2ccccc2)O[C@@H]1c1ccccc1. The highest BCUT2D eigenvalue weighted by Gasteiger charge is 2.37. The fourth-order valence-corrected chi connectivity index (χ4v) is 3.08. The Hall–Kier alpha value is -1.93. The first-order valence-corrected chi connectivity index (χ1v) is 7.57. The molecule has 2 heteroatoms. The summed E-state index contributed by atoms with van der Waals surface area (Å²) in [7, 11) is 0. The predicted octanol–water partition coefficient (Wildman–Crippen LogP) is 4.48. The number of ether oxygens (including phenoxy) is 1. The van der Waals surface area contributed by atoms with Crippen LogP contribution in [0.2, 0.25) is 0 Å².